The lowest BCUT2D eigenvalue weighted by Crippen LogP contribution is -2.46. The number of carbonyl (C=O) groups is 3. The Morgan fingerprint density at radius 1 is 1.12 bits per heavy atom. The number of hydrogen-bond acceptors (Lipinski definition) is 5. The monoisotopic (exact) mass is 440 g/mol. The minimum Gasteiger partial charge on any atom is -0.341 e. The molecule has 3 aliphatic rings. The van der Waals surface area contributed by atoms with Gasteiger partial charge in [-0.2, -0.15) is 5.10 Å². The number of aromatic amines is 1. The number of H-pyrrole nitrogens is 1. The van der Waals surface area contributed by atoms with E-state index in [1.165, 1.54) is 24.3 Å². The molecule has 1 aromatic heterocycles. The summed E-state index contributed by atoms with van der Waals surface area (Å²) in [5.74, 6) is 1.25. The standard InChI is InChI=1S/C22H25FN6O3/c1-22(15-4-6-16(23)7-5-15)20(31)29(21(32)25-22)12-17(30)28-10-8-14(9-11-28)19-24-18(26-27-19)13-2-3-13/h4-7,13-14H,2-3,8-12H2,1H3,(H,25,32)(H,24,26,27). The van der Waals surface area contributed by atoms with Crippen molar-refractivity contribution in [3.63, 3.8) is 0 Å². The number of piperidine rings is 1. The van der Waals surface area contributed by atoms with Crippen LogP contribution in [0.4, 0.5) is 9.18 Å². The molecule has 9 nitrogen and oxygen atoms in total. The van der Waals surface area contributed by atoms with Gasteiger partial charge in [0.2, 0.25) is 5.91 Å². The molecule has 168 valence electrons. The third-order valence-electron chi connectivity index (χ3n) is 6.69. The van der Waals surface area contributed by atoms with Crippen LogP contribution in [-0.4, -0.2) is 62.5 Å². The van der Waals surface area contributed by atoms with Crippen LogP contribution in [0.3, 0.4) is 0 Å². The van der Waals surface area contributed by atoms with Crippen LogP contribution >= 0.6 is 0 Å². The molecule has 0 radical (unpaired) electrons. The molecule has 1 saturated carbocycles. The van der Waals surface area contributed by atoms with Gasteiger partial charge in [-0.3, -0.25) is 19.6 Å². The molecule has 1 aliphatic carbocycles. The van der Waals surface area contributed by atoms with Gasteiger partial charge in [-0.25, -0.2) is 14.2 Å². The van der Waals surface area contributed by atoms with E-state index in [9.17, 15) is 18.8 Å². The molecular weight excluding hydrogens is 415 g/mol. The topological polar surface area (TPSA) is 111 Å². The number of rotatable bonds is 5. The average Bonchev–Trinajstić information content (AvgIpc) is 3.48. The van der Waals surface area contributed by atoms with Crippen molar-refractivity contribution in [1.29, 1.82) is 0 Å². The van der Waals surface area contributed by atoms with Crippen LogP contribution in [0.15, 0.2) is 24.3 Å². The predicted octanol–water partition coefficient (Wildman–Crippen LogP) is 1.99. The van der Waals surface area contributed by atoms with Crippen LogP contribution in [0, 0.1) is 5.82 Å². The van der Waals surface area contributed by atoms with Gasteiger partial charge in [0, 0.05) is 24.9 Å². The number of imide groups is 1. The zero-order valence-corrected chi connectivity index (χ0v) is 17.8. The second kappa shape index (κ2) is 7.68. The lowest BCUT2D eigenvalue weighted by atomic mass is 9.92. The van der Waals surface area contributed by atoms with Crippen LogP contribution < -0.4 is 5.32 Å². The highest BCUT2D eigenvalue weighted by molar-refractivity contribution is 6.09. The van der Waals surface area contributed by atoms with Crippen LogP contribution in [0.25, 0.3) is 0 Å². The van der Waals surface area contributed by atoms with Gasteiger partial charge in [-0.05, 0) is 50.3 Å². The molecule has 4 amide bonds. The molecule has 10 heteroatoms. The number of urea groups is 1. The van der Waals surface area contributed by atoms with Crippen molar-refractivity contribution < 1.29 is 18.8 Å². The molecule has 2 N–H and O–H groups in total. The molecule has 32 heavy (non-hydrogen) atoms. The highest BCUT2D eigenvalue weighted by Gasteiger charge is 2.49. The Labute approximate surface area is 184 Å². The molecular formula is C22H25FN6O3. The molecule has 0 bridgehead atoms. The second-order valence-electron chi connectivity index (χ2n) is 8.96. The molecule has 2 aromatic rings. The Bertz CT molecular complexity index is 1060. The minimum absolute atomic E-state index is 0.220. The van der Waals surface area contributed by atoms with Crippen LogP contribution in [0.2, 0.25) is 0 Å². The molecule has 2 aliphatic heterocycles. The summed E-state index contributed by atoms with van der Waals surface area (Å²) < 4.78 is 13.3. The third kappa shape index (κ3) is 3.63. The van der Waals surface area contributed by atoms with Crippen molar-refractivity contribution >= 4 is 17.8 Å². The number of benzene rings is 1. The maximum absolute atomic E-state index is 13.3. The zero-order chi connectivity index (χ0) is 22.5. The summed E-state index contributed by atoms with van der Waals surface area (Å²) >= 11 is 0. The first-order chi connectivity index (χ1) is 15.3. The Balaban J connectivity index is 1.20. The maximum atomic E-state index is 13.3. The Kier molecular flexibility index (Phi) is 4.94. The number of nitrogens with zero attached hydrogens (tertiary/aromatic N) is 4. The van der Waals surface area contributed by atoms with Gasteiger partial charge in [0.25, 0.3) is 5.91 Å². The normalized spacial score (nSPS) is 24.2. The summed E-state index contributed by atoms with van der Waals surface area (Å²) in [5.41, 5.74) is -0.866. The number of halogens is 1. The summed E-state index contributed by atoms with van der Waals surface area (Å²) in [6, 6.07) is 4.77. The first kappa shape index (κ1) is 20.6. The molecule has 1 unspecified atom stereocenters. The number of hydrogen-bond donors (Lipinski definition) is 2. The van der Waals surface area contributed by atoms with E-state index in [4.69, 9.17) is 0 Å². The maximum Gasteiger partial charge on any atom is 0.325 e. The lowest BCUT2D eigenvalue weighted by Gasteiger charge is -2.32. The summed E-state index contributed by atoms with van der Waals surface area (Å²) in [6.07, 6.45) is 3.79. The van der Waals surface area contributed by atoms with Gasteiger partial charge in [-0.15, -0.1) is 0 Å². The van der Waals surface area contributed by atoms with E-state index in [2.05, 4.69) is 20.5 Å². The average molecular weight is 440 g/mol. The van der Waals surface area contributed by atoms with Crippen LogP contribution in [0.1, 0.15) is 61.7 Å². The molecule has 2 saturated heterocycles. The molecule has 0 spiro atoms. The van der Waals surface area contributed by atoms with E-state index in [0.717, 1.165) is 42.2 Å². The van der Waals surface area contributed by atoms with Gasteiger partial charge in [0.05, 0.1) is 0 Å². The van der Waals surface area contributed by atoms with E-state index in [1.54, 1.807) is 11.8 Å². The van der Waals surface area contributed by atoms with Crippen molar-refractivity contribution in [2.24, 2.45) is 0 Å². The first-order valence-electron chi connectivity index (χ1n) is 11.0. The lowest BCUT2D eigenvalue weighted by molar-refractivity contribution is -0.139. The number of likely N-dealkylation sites (tertiary alicyclic amines) is 1. The highest BCUT2D eigenvalue weighted by atomic mass is 19.1. The smallest absolute Gasteiger partial charge is 0.325 e. The van der Waals surface area contributed by atoms with Crippen molar-refractivity contribution in [1.82, 2.24) is 30.3 Å². The molecule has 1 aromatic carbocycles. The highest BCUT2D eigenvalue weighted by Crippen LogP contribution is 2.38. The fraction of sp³-hybridized carbons (Fsp3) is 0.500. The van der Waals surface area contributed by atoms with Gasteiger partial charge >= 0.3 is 6.03 Å². The van der Waals surface area contributed by atoms with Crippen molar-refractivity contribution in [3.05, 3.63) is 47.3 Å². The van der Waals surface area contributed by atoms with Gasteiger partial charge in [-0.1, -0.05) is 12.1 Å². The van der Waals surface area contributed by atoms with Crippen LogP contribution in [0.5, 0.6) is 0 Å². The summed E-state index contributed by atoms with van der Waals surface area (Å²) in [7, 11) is 0. The Hall–Kier alpha value is -3.30. The van der Waals surface area contributed by atoms with E-state index in [0.29, 0.717) is 24.6 Å². The molecule has 3 heterocycles. The predicted molar refractivity (Wildman–Crippen MR) is 111 cm³/mol. The molecule has 5 rings (SSSR count). The largest absolute Gasteiger partial charge is 0.341 e. The number of aromatic nitrogens is 3. The van der Waals surface area contributed by atoms with E-state index < -0.39 is 23.3 Å². The summed E-state index contributed by atoms with van der Waals surface area (Å²) in [5, 5.41) is 10.00. The molecule has 1 atom stereocenters. The van der Waals surface area contributed by atoms with Crippen molar-refractivity contribution in [3.8, 4) is 0 Å². The number of amides is 4. The molecule has 3 fully saturated rings. The minimum atomic E-state index is -1.33. The number of nitrogens with one attached hydrogen (secondary N) is 2. The van der Waals surface area contributed by atoms with E-state index >= 15 is 0 Å². The summed E-state index contributed by atoms with van der Waals surface area (Å²) in [6.45, 7) is 2.30. The third-order valence-corrected chi connectivity index (χ3v) is 6.69. The second-order valence-corrected chi connectivity index (χ2v) is 8.96. The fourth-order valence-electron chi connectivity index (χ4n) is 4.45. The summed E-state index contributed by atoms with van der Waals surface area (Å²) in [4.78, 5) is 45.6. The number of carbonyl (C=O) groups excluding carboxylic acids is 3. The first-order valence-corrected chi connectivity index (χ1v) is 11.0. The van der Waals surface area contributed by atoms with E-state index in [1.807, 2.05) is 0 Å². The van der Waals surface area contributed by atoms with Gasteiger partial charge in [0.1, 0.15) is 23.7 Å². The Morgan fingerprint density at radius 3 is 2.47 bits per heavy atom. The van der Waals surface area contributed by atoms with Gasteiger partial charge < -0.3 is 10.2 Å². The zero-order valence-electron chi connectivity index (χ0n) is 17.8. The van der Waals surface area contributed by atoms with E-state index in [-0.39, 0.29) is 18.4 Å². The fourth-order valence-corrected chi connectivity index (χ4v) is 4.45. The van der Waals surface area contributed by atoms with Crippen molar-refractivity contribution in [2.75, 3.05) is 19.6 Å². The van der Waals surface area contributed by atoms with Gasteiger partial charge in [0.15, 0.2) is 5.82 Å². The Morgan fingerprint density at radius 2 is 1.81 bits per heavy atom. The SMILES string of the molecule is CC1(c2ccc(F)cc2)NC(=O)N(CC(=O)N2CCC(c3nc(C4CC4)n[nH]3)CC2)C1=O. The van der Waals surface area contributed by atoms with Crippen molar-refractivity contribution in [2.45, 2.75) is 50.0 Å². The quantitative estimate of drug-likeness (QED) is 0.691. The van der Waals surface area contributed by atoms with Crippen LogP contribution in [-0.2, 0) is 15.1 Å².